The minimum absolute atomic E-state index is 0.00568. The zero-order valence-corrected chi connectivity index (χ0v) is 10.5. The maximum absolute atomic E-state index is 11.1. The molecule has 0 saturated heterocycles. The van der Waals surface area contributed by atoms with Crippen molar-refractivity contribution in [2.24, 2.45) is 0 Å². The first kappa shape index (κ1) is 12.1. The van der Waals surface area contributed by atoms with Gasteiger partial charge in [-0.2, -0.15) is 0 Å². The van der Waals surface area contributed by atoms with Gasteiger partial charge < -0.3 is 9.67 Å². The van der Waals surface area contributed by atoms with Gasteiger partial charge in [-0.1, -0.05) is 18.7 Å². The van der Waals surface area contributed by atoms with E-state index < -0.39 is 5.97 Å². The summed E-state index contributed by atoms with van der Waals surface area (Å²) in [6, 6.07) is 9.27. The number of carboxylic acids is 1. The Morgan fingerprint density at radius 2 is 1.95 bits per heavy atom. The first-order chi connectivity index (χ1) is 9.66. The third-order valence-corrected chi connectivity index (χ3v) is 3.05. The van der Waals surface area contributed by atoms with Crippen LogP contribution in [0, 0.1) is 0 Å². The SMILES string of the molecule is C=C(C(=O)O)n1ccc2ccc(-c3ncccn3)cc21. The van der Waals surface area contributed by atoms with Gasteiger partial charge in [-0.15, -0.1) is 0 Å². The molecule has 20 heavy (non-hydrogen) atoms. The molecule has 0 spiro atoms. The molecular formula is C15H11N3O2. The summed E-state index contributed by atoms with van der Waals surface area (Å²) in [6.07, 6.45) is 5.03. The van der Waals surface area contributed by atoms with Crippen LogP contribution >= 0.6 is 0 Å². The maximum atomic E-state index is 11.1. The fourth-order valence-electron chi connectivity index (χ4n) is 2.05. The Morgan fingerprint density at radius 3 is 2.65 bits per heavy atom. The maximum Gasteiger partial charge on any atom is 0.352 e. The molecular weight excluding hydrogens is 254 g/mol. The van der Waals surface area contributed by atoms with E-state index in [2.05, 4.69) is 16.5 Å². The highest BCUT2D eigenvalue weighted by Crippen LogP contribution is 2.24. The minimum atomic E-state index is -1.05. The summed E-state index contributed by atoms with van der Waals surface area (Å²) in [6.45, 7) is 3.58. The van der Waals surface area contributed by atoms with Crippen molar-refractivity contribution >= 4 is 22.6 Å². The largest absolute Gasteiger partial charge is 0.477 e. The highest BCUT2D eigenvalue weighted by Gasteiger charge is 2.11. The first-order valence-corrected chi connectivity index (χ1v) is 5.98. The van der Waals surface area contributed by atoms with Crippen LogP contribution in [0.5, 0.6) is 0 Å². The average Bonchev–Trinajstić information content (AvgIpc) is 2.90. The zero-order valence-electron chi connectivity index (χ0n) is 10.5. The van der Waals surface area contributed by atoms with E-state index in [9.17, 15) is 4.79 Å². The number of aromatic nitrogens is 3. The predicted octanol–water partition coefficient (Wildman–Crippen LogP) is 2.65. The number of fused-ring (bicyclic) bond motifs is 1. The molecule has 2 heterocycles. The van der Waals surface area contributed by atoms with Gasteiger partial charge in [-0.3, -0.25) is 0 Å². The second kappa shape index (κ2) is 4.62. The highest BCUT2D eigenvalue weighted by molar-refractivity contribution is 6.10. The standard InChI is InChI=1S/C15H11N3O2/c1-10(15(19)20)18-8-5-11-3-4-12(9-13(11)18)14-16-6-2-7-17-14/h2-9H,1H2,(H,19,20). The fraction of sp³-hybridized carbons (Fsp3) is 0. The predicted molar refractivity (Wildman–Crippen MR) is 75.9 cm³/mol. The summed E-state index contributed by atoms with van der Waals surface area (Å²) < 4.78 is 1.55. The van der Waals surface area contributed by atoms with E-state index in [1.807, 2.05) is 24.3 Å². The Morgan fingerprint density at radius 1 is 1.20 bits per heavy atom. The Hall–Kier alpha value is -2.95. The lowest BCUT2D eigenvalue weighted by molar-refractivity contribution is -0.130. The molecule has 0 aliphatic heterocycles. The number of nitrogens with zero attached hydrogens (tertiary/aromatic N) is 3. The average molecular weight is 265 g/mol. The lowest BCUT2D eigenvalue weighted by Crippen LogP contribution is -2.05. The number of hydrogen-bond acceptors (Lipinski definition) is 3. The minimum Gasteiger partial charge on any atom is -0.477 e. The van der Waals surface area contributed by atoms with Gasteiger partial charge in [0.2, 0.25) is 0 Å². The van der Waals surface area contributed by atoms with Crippen LogP contribution in [0.3, 0.4) is 0 Å². The van der Waals surface area contributed by atoms with Crippen LogP contribution in [-0.4, -0.2) is 25.6 Å². The molecule has 0 aliphatic rings. The molecule has 3 aromatic rings. The van der Waals surface area contributed by atoms with Gasteiger partial charge >= 0.3 is 5.97 Å². The molecule has 1 N–H and O–H groups in total. The van der Waals surface area contributed by atoms with Gasteiger partial charge in [0.1, 0.15) is 5.70 Å². The van der Waals surface area contributed by atoms with Gasteiger partial charge in [0.15, 0.2) is 5.82 Å². The quantitative estimate of drug-likeness (QED) is 0.739. The van der Waals surface area contributed by atoms with Crippen LogP contribution in [0.25, 0.3) is 28.0 Å². The van der Waals surface area contributed by atoms with Crippen molar-refractivity contribution in [3.63, 3.8) is 0 Å². The molecule has 3 rings (SSSR count). The second-order valence-electron chi connectivity index (χ2n) is 4.28. The molecule has 0 fully saturated rings. The normalized spacial score (nSPS) is 10.6. The second-order valence-corrected chi connectivity index (χ2v) is 4.28. The number of carbonyl (C=O) groups is 1. The summed E-state index contributed by atoms with van der Waals surface area (Å²) in [5.74, 6) is -0.452. The van der Waals surface area contributed by atoms with Crippen LogP contribution in [0.1, 0.15) is 0 Å². The van der Waals surface area contributed by atoms with Gasteiger partial charge in [-0.25, -0.2) is 14.8 Å². The lowest BCUT2D eigenvalue weighted by Gasteiger charge is -2.05. The summed E-state index contributed by atoms with van der Waals surface area (Å²) in [7, 11) is 0. The van der Waals surface area contributed by atoms with Gasteiger partial charge in [0.05, 0.1) is 5.52 Å². The molecule has 1 aromatic carbocycles. The van der Waals surface area contributed by atoms with Gasteiger partial charge in [0, 0.05) is 24.2 Å². The van der Waals surface area contributed by atoms with Gasteiger partial charge in [0.25, 0.3) is 0 Å². The molecule has 0 radical (unpaired) electrons. The number of aliphatic carboxylic acids is 1. The molecule has 5 nitrogen and oxygen atoms in total. The third-order valence-electron chi connectivity index (χ3n) is 3.05. The van der Waals surface area contributed by atoms with Crippen molar-refractivity contribution < 1.29 is 9.90 Å². The van der Waals surface area contributed by atoms with E-state index in [1.165, 1.54) is 0 Å². The molecule has 98 valence electrons. The van der Waals surface area contributed by atoms with Crippen LogP contribution in [-0.2, 0) is 4.79 Å². The van der Waals surface area contributed by atoms with E-state index in [1.54, 1.807) is 29.2 Å². The Kier molecular flexibility index (Phi) is 2.80. The Labute approximate surface area is 114 Å². The Bertz CT molecular complexity index is 806. The molecule has 0 unspecified atom stereocenters. The molecule has 0 atom stereocenters. The van der Waals surface area contributed by atoms with E-state index in [0.717, 1.165) is 16.5 Å². The monoisotopic (exact) mass is 265 g/mol. The summed E-state index contributed by atoms with van der Waals surface area (Å²) >= 11 is 0. The molecule has 0 amide bonds. The summed E-state index contributed by atoms with van der Waals surface area (Å²) in [5, 5.41) is 9.99. The number of rotatable bonds is 3. The topological polar surface area (TPSA) is 68.0 Å². The highest BCUT2D eigenvalue weighted by atomic mass is 16.4. The molecule has 2 aromatic heterocycles. The fourth-order valence-corrected chi connectivity index (χ4v) is 2.05. The number of carboxylic acid groups (broad SMARTS) is 1. The van der Waals surface area contributed by atoms with Crippen molar-refractivity contribution in [3.8, 4) is 11.4 Å². The van der Waals surface area contributed by atoms with Crippen LogP contribution in [0.15, 0.2) is 55.5 Å². The van der Waals surface area contributed by atoms with E-state index in [0.29, 0.717) is 5.82 Å². The van der Waals surface area contributed by atoms with Crippen molar-refractivity contribution in [2.45, 2.75) is 0 Å². The first-order valence-electron chi connectivity index (χ1n) is 5.98. The smallest absolute Gasteiger partial charge is 0.352 e. The van der Waals surface area contributed by atoms with E-state index in [-0.39, 0.29) is 5.70 Å². The van der Waals surface area contributed by atoms with Crippen LogP contribution in [0.2, 0.25) is 0 Å². The summed E-state index contributed by atoms with van der Waals surface area (Å²) in [4.78, 5) is 19.4. The Balaban J connectivity index is 2.17. The molecule has 0 aliphatic carbocycles. The lowest BCUT2D eigenvalue weighted by atomic mass is 10.1. The summed E-state index contributed by atoms with van der Waals surface area (Å²) in [5.41, 5.74) is 1.60. The molecule has 5 heteroatoms. The van der Waals surface area contributed by atoms with Crippen molar-refractivity contribution in [3.05, 3.63) is 55.5 Å². The van der Waals surface area contributed by atoms with Crippen LogP contribution < -0.4 is 0 Å². The number of hydrogen-bond donors (Lipinski definition) is 1. The molecule has 0 bridgehead atoms. The third kappa shape index (κ3) is 1.95. The van der Waals surface area contributed by atoms with E-state index in [4.69, 9.17) is 5.11 Å². The van der Waals surface area contributed by atoms with Crippen molar-refractivity contribution in [1.82, 2.24) is 14.5 Å². The molecule has 0 saturated carbocycles. The van der Waals surface area contributed by atoms with E-state index >= 15 is 0 Å². The van der Waals surface area contributed by atoms with Crippen molar-refractivity contribution in [1.29, 1.82) is 0 Å². The van der Waals surface area contributed by atoms with Gasteiger partial charge in [-0.05, 0) is 23.6 Å². The van der Waals surface area contributed by atoms with Crippen molar-refractivity contribution in [2.75, 3.05) is 0 Å². The van der Waals surface area contributed by atoms with Crippen LogP contribution in [0.4, 0.5) is 0 Å². The zero-order chi connectivity index (χ0) is 14.1. The number of benzene rings is 1.